The van der Waals surface area contributed by atoms with Crippen LogP contribution in [0.4, 0.5) is 10.1 Å². The summed E-state index contributed by atoms with van der Waals surface area (Å²) in [5.41, 5.74) is 0.554. The van der Waals surface area contributed by atoms with Crippen LogP contribution in [0.15, 0.2) is 33.7 Å². The number of anilines is 1. The molecule has 5 rings (SSSR count). The summed E-state index contributed by atoms with van der Waals surface area (Å²) in [4.78, 5) is 24.6. The number of alkyl halides is 1. The Bertz CT molecular complexity index is 1290. The topological polar surface area (TPSA) is 115 Å². The van der Waals surface area contributed by atoms with Crippen molar-refractivity contribution in [1.82, 2.24) is 10.3 Å². The molecule has 2 aromatic rings. The van der Waals surface area contributed by atoms with Gasteiger partial charge in [-0.2, -0.15) is 5.26 Å². The molecule has 1 amide bonds. The minimum Gasteiger partial charge on any atom is -0.440 e. The highest BCUT2D eigenvalue weighted by atomic mass is 32.2. The average molecular weight is 554 g/mol. The summed E-state index contributed by atoms with van der Waals surface area (Å²) in [6.45, 7) is 6.80. The van der Waals surface area contributed by atoms with Gasteiger partial charge in [0.2, 0.25) is 11.8 Å². The summed E-state index contributed by atoms with van der Waals surface area (Å²) in [7, 11) is 1.68. The number of aliphatic hydroxyl groups excluding tert-OH is 1. The number of amidine groups is 1. The summed E-state index contributed by atoms with van der Waals surface area (Å²) >= 11 is 1.47. The molecule has 1 aromatic heterocycles. The van der Waals surface area contributed by atoms with Crippen LogP contribution in [0.5, 0.6) is 0 Å². The van der Waals surface area contributed by atoms with E-state index in [1.54, 1.807) is 7.05 Å². The molecule has 10 heteroatoms. The zero-order valence-corrected chi connectivity index (χ0v) is 23.7. The number of oxazole rings is 1. The fraction of sp³-hybridized carbons (Fsp3) is 0.586. The van der Waals surface area contributed by atoms with E-state index in [4.69, 9.17) is 9.40 Å². The number of benzene rings is 1. The van der Waals surface area contributed by atoms with Gasteiger partial charge < -0.3 is 19.7 Å². The zero-order chi connectivity index (χ0) is 27.9. The van der Waals surface area contributed by atoms with Crippen molar-refractivity contribution in [2.75, 3.05) is 24.2 Å². The molecule has 3 fully saturated rings. The van der Waals surface area contributed by atoms with Crippen LogP contribution in [0, 0.1) is 17.2 Å². The Hall–Kier alpha value is -2.90. The van der Waals surface area contributed by atoms with Crippen LogP contribution < -0.4 is 10.2 Å². The van der Waals surface area contributed by atoms with Gasteiger partial charge in [-0.25, -0.2) is 9.37 Å². The molecule has 2 N–H and O–H groups in total. The number of hydrogen-bond donors (Lipinski definition) is 2. The van der Waals surface area contributed by atoms with Crippen LogP contribution in [0.1, 0.15) is 70.4 Å². The SMILES string of the molecule is CN=C1C(O)SCCN1c1ccc(-c2oc(C(C)(C)C)nc2[C@@H]2CC[C@H](F)CC2C(=O)NC2(C#N)CC2)cc1. The third-order valence-electron chi connectivity index (χ3n) is 7.85. The van der Waals surface area contributed by atoms with Crippen LogP contribution in [-0.4, -0.2) is 58.3 Å². The van der Waals surface area contributed by atoms with E-state index in [1.807, 2.05) is 49.9 Å². The number of hydrogen-bond acceptors (Lipinski definition) is 7. The fourth-order valence-corrected chi connectivity index (χ4v) is 6.32. The van der Waals surface area contributed by atoms with Crippen LogP contribution in [0.25, 0.3) is 11.3 Å². The Balaban J connectivity index is 1.50. The summed E-state index contributed by atoms with van der Waals surface area (Å²) < 4.78 is 21.0. The molecule has 2 heterocycles. The Kier molecular flexibility index (Phi) is 7.51. The quantitative estimate of drug-likeness (QED) is 0.539. The first-order valence-corrected chi connectivity index (χ1v) is 14.6. The Morgan fingerprint density at radius 3 is 2.64 bits per heavy atom. The van der Waals surface area contributed by atoms with Crippen molar-refractivity contribution >= 4 is 29.2 Å². The number of aliphatic imine (C=N–C) groups is 1. The van der Waals surface area contributed by atoms with Gasteiger partial charge in [-0.15, -0.1) is 11.8 Å². The standard InChI is InChI=1S/C29H36FN5O3S/c1-28(2,3)27-33-22(20-10-7-18(30)15-21(20)25(36)34-29(16-31)11-12-29)23(38-27)17-5-8-19(9-6-17)35-13-14-39-26(37)24(35)32-4/h5-6,8-9,18,20-21,26,37H,7,10-15H2,1-4H3,(H,34,36)/t18-,20+,21?,26?/m0/s1. The highest BCUT2D eigenvalue weighted by Gasteiger charge is 2.48. The molecule has 2 aliphatic carbocycles. The first-order chi connectivity index (χ1) is 18.5. The normalized spacial score (nSPS) is 27.7. The number of nitrogens with one attached hydrogen (secondary N) is 1. The minimum atomic E-state index is -1.07. The smallest absolute Gasteiger partial charge is 0.225 e. The third-order valence-corrected chi connectivity index (χ3v) is 8.80. The predicted octanol–water partition coefficient (Wildman–Crippen LogP) is 4.93. The number of aliphatic hydroxyl groups is 1. The van der Waals surface area contributed by atoms with Crippen LogP contribution in [0.2, 0.25) is 0 Å². The first kappa shape index (κ1) is 27.7. The van der Waals surface area contributed by atoms with E-state index in [1.165, 1.54) is 11.8 Å². The number of thioether (sulfide) groups is 1. The van der Waals surface area contributed by atoms with Gasteiger partial charge >= 0.3 is 0 Å². The molecule has 0 radical (unpaired) electrons. The molecular formula is C29H36FN5O3S. The molecule has 1 saturated heterocycles. The van der Waals surface area contributed by atoms with Crippen LogP contribution in [0.3, 0.4) is 0 Å². The van der Waals surface area contributed by atoms with Crippen LogP contribution >= 0.6 is 11.8 Å². The molecule has 2 unspecified atom stereocenters. The highest BCUT2D eigenvalue weighted by Crippen LogP contribution is 2.45. The van der Waals surface area contributed by atoms with Crippen molar-refractivity contribution in [3.8, 4) is 17.4 Å². The number of carbonyl (C=O) groups is 1. The van der Waals surface area contributed by atoms with E-state index in [2.05, 4.69) is 16.4 Å². The fourth-order valence-electron chi connectivity index (χ4n) is 5.43. The summed E-state index contributed by atoms with van der Waals surface area (Å²) in [6.07, 6.45) is 1.10. The third kappa shape index (κ3) is 5.57. The van der Waals surface area contributed by atoms with Gasteiger partial charge in [-0.1, -0.05) is 20.8 Å². The lowest BCUT2D eigenvalue weighted by molar-refractivity contribution is -0.128. The lowest BCUT2D eigenvalue weighted by atomic mass is 9.75. The number of nitriles is 1. The molecule has 1 aromatic carbocycles. The van der Waals surface area contributed by atoms with E-state index in [-0.39, 0.29) is 23.7 Å². The monoisotopic (exact) mass is 553 g/mol. The van der Waals surface area contributed by atoms with E-state index in [0.717, 1.165) is 23.5 Å². The van der Waals surface area contributed by atoms with Crippen molar-refractivity contribution in [1.29, 1.82) is 5.26 Å². The Labute approximate surface area is 233 Å². The van der Waals surface area contributed by atoms with Crippen molar-refractivity contribution in [3.05, 3.63) is 35.9 Å². The number of halogens is 1. The zero-order valence-electron chi connectivity index (χ0n) is 22.9. The van der Waals surface area contributed by atoms with E-state index < -0.39 is 23.1 Å². The lowest BCUT2D eigenvalue weighted by Crippen LogP contribution is -2.44. The van der Waals surface area contributed by atoms with Gasteiger partial charge in [0.25, 0.3) is 0 Å². The number of aromatic nitrogens is 1. The molecule has 39 heavy (non-hydrogen) atoms. The molecule has 2 saturated carbocycles. The van der Waals surface area contributed by atoms with Gasteiger partial charge in [0.1, 0.15) is 17.5 Å². The molecule has 208 valence electrons. The van der Waals surface area contributed by atoms with Crippen molar-refractivity contribution in [2.45, 2.75) is 81.4 Å². The maximum atomic E-state index is 14.6. The second-order valence-corrected chi connectivity index (χ2v) is 13.0. The van der Waals surface area contributed by atoms with Crippen molar-refractivity contribution in [3.63, 3.8) is 0 Å². The minimum absolute atomic E-state index is 0.0997. The predicted molar refractivity (Wildman–Crippen MR) is 151 cm³/mol. The van der Waals surface area contributed by atoms with Crippen molar-refractivity contribution < 1.29 is 18.7 Å². The molecule has 8 nitrogen and oxygen atoms in total. The van der Waals surface area contributed by atoms with Gasteiger partial charge in [-0.3, -0.25) is 9.79 Å². The Morgan fingerprint density at radius 2 is 2.03 bits per heavy atom. The van der Waals surface area contributed by atoms with Gasteiger partial charge in [0.05, 0.1) is 11.8 Å². The molecule has 0 spiro atoms. The van der Waals surface area contributed by atoms with E-state index in [0.29, 0.717) is 48.9 Å². The molecular weight excluding hydrogens is 517 g/mol. The molecule has 0 bridgehead atoms. The summed E-state index contributed by atoms with van der Waals surface area (Å²) in [5, 5.41) is 22.8. The summed E-state index contributed by atoms with van der Waals surface area (Å²) in [5.74, 6) is 1.32. The Morgan fingerprint density at radius 1 is 1.31 bits per heavy atom. The van der Waals surface area contributed by atoms with Gasteiger partial charge in [0.15, 0.2) is 11.2 Å². The second kappa shape index (κ2) is 10.6. The number of carbonyl (C=O) groups excluding carboxylic acids is 1. The van der Waals surface area contributed by atoms with Crippen LogP contribution in [-0.2, 0) is 10.2 Å². The highest BCUT2D eigenvalue weighted by molar-refractivity contribution is 8.00. The van der Waals surface area contributed by atoms with Gasteiger partial charge in [-0.05, 0) is 56.4 Å². The first-order valence-electron chi connectivity index (χ1n) is 13.6. The van der Waals surface area contributed by atoms with E-state index >= 15 is 0 Å². The molecule has 1 aliphatic heterocycles. The maximum Gasteiger partial charge on any atom is 0.225 e. The number of amides is 1. The van der Waals surface area contributed by atoms with Crippen molar-refractivity contribution in [2.24, 2.45) is 10.9 Å². The maximum absolute atomic E-state index is 14.6. The summed E-state index contributed by atoms with van der Waals surface area (Å²) in [6, 6.07) is 10.1. The van der Waals surface area contributed by atoms with E-state index in [9.17, 15) is 19.6 Å². The second-order valence-electron chi connectivity index (χ2n) is 11.8. The van der Waals surface area contributed by atoms with Gasteiger partial charge in [0, 0.05) is 47.8 Å². The number of nitrogens with zero attached hydrogens (tertiary/aromatic N) is 4. The molecule has 3 aliphatic rings. The number of rotatable bonds is 5. The largest absolute Gasteiger partial charge is 0.440 e. The lowest BCUT2D eigenvalue weighted by Gasteiger charge is -2.33. The molecule has 4 atom stereocenters. The average Bonchev–Trinajstić information content (AvgIpc) is 3.53.